The van der Waals surface area contributed by atoms with Crippen molar-refractivity contribution in [2.45, 2.75) is 12.1 Å². The summed E-state index contributed by atoms with van der Waals surface area (Å²) in [7, 11) is 0. The molecule has 2 aromatic carbocycles. The molecular weight excluding hydrogens is 224 g/mol. The third-order valence-corrected chi connectivity index (χ3v) is 3.51. The normalized spacial score (nSPS) is 21.0. The minimum Gasteiger partial charge on any atom is -0.137 e. The van der Waals surface area contributed by atoms with Crippen molar-refractivity contribution in [3.63, 3.8) is 0 Å². The van der Waals surface area contributed by atoms with Gasteiger partial charge in [0, 0.05) is 5.92 Å². The average Bonchev–Trinajstić information content (AvgIpc) is 2.94. The van der Waals surface area contributed by atoms with Crippen molar-refractivity contribution in [1.29, 1.82) is 0 Å². The van der Waals surface area contributed by atoms with Gasteiger partial charge in [0.05, 0.1) is 0 Å². The molecule has 86 valence electrons. The summed E-state index contributed by atoms with van der Waals surface area (Å²) < 4.78 is 0. The summed E-state index contributed by atoms with van der Waals surface area (Å²) >= 11 is 0. The average molecular weight is 234 g/mol. The van der Waals surface area contributed by atoms with E-state index >= 15 is 0 Å². The van der Waals surface area contributed by atoms with Crippen LogP contribution < -0.4 is 0 Å². The van der Waals surface area contributed by atoms with Gasteiger partial charge in [-0.05, 0) is 32.3 Å². The lowest BCUT2D eigenvalue weighted by molar-refractivity contribution is 0.633. The van der Waals surface area contributed by atoms with E-state index in [0.29, 0.717) is 0 Å². The smallest absolute Gasteiger partial charge is 0.137 e. The van der Waals surface area contributed by atoms with Crippen LogP contribution in [0.1, 0.15) is 17.0 Å². The van der Waals surface area contributed by atoms with Crippen molar-refractivity contribution in [3.05, 3.63) is 53.6 Å². The minimum atomic E-state index is -0.208. The molecule has 0 spiro atoms. The van der Waals surface area contributed by atoms with Crippen molar-refractivity contribution in [3.8, 4) is 0 Å². The summed E-state index contributed by atoms with van der Waals surface area (Å²) in [6.07, 6.45) is 4.08. The molecular formula is C14H10N4. The van der Waals surface area contributed by atoms with Gasteiger partial charge in [0.1, 0.15) is 0 Å². The van der Waals surface area contributed by atoms with E-state index in [2.05, 4.69) is 69.2 Å². The summed E-state index contributed by atoms with van der Waals surface area (Å²) in [5.41, 5.74) is 2.52. The molecule has 4 heteroatoms. The molecule has 1 aliphatic carbocycles. The second-order valence-electron chi connectivity index (χ2n) is 4.50. The Hall–Kier alpha value is -2.36. The van der Waals surface area contributed by atoms with Crippen LogP contribution in [0.4, 0.5) is 0 Å². The Morgan fingerprint density at radius 2 is 1.67 bits per heavy atom. The fraction of sp³-hybridized carbons (Fsp3) is 0.143. The van der Waals surface area contributed by atoms with Gasteiger partial charge in [0.15, 0.2) is 6.17 Å². The molecule has 4 nitrogen and oxygen atoms in total. The van der Waals surface area contributed by atoms with E-state index in [1.165, 1.54) is 21.9 Å². The van der Waals surface area contributed by atoms with Crippen LogP contribution in [0.3, 0.4) is 0 Å². The van der Waals surface area contributed by atoms with E-state index in [1.807, 2.05) is 0 Å². The maximum absolute atomic E-state index is 4.06. The van der Waals surface area contributed by atoms with Crippen LogP contribution in [0, 0.1) is 0 Å². The summed E-state index contributed by atoms with van der Waals surface area (Å²) in [4.78, 5) is 0. The lowest BCUT2D eigenvalue weighted by atomic mass is 9.85. The van der Waals surface area contributed by atoms with Gasteiger partial charge in [0.2, 0.25) is 0 Å². The van der Waals surface area contributed by atoms with E-state index < -0.39 is 0 Å². The van der Waals surface area contributed by atoms with Gasteiger partial charge in [-0.15, -0.1) is 10.2 Å². The van der Waals surface area contributed by atoms with Crippen LogP contribution in [0.25, 0.3) is 16.8 Å². The first kappa shape index (κ1) is 9.65. The molecule has 1 unspecified atom stereocenters. The molecule has 2 aliphatic rings. The first-order valence-corrected chi connectivity index (χ1v) is 5.93. The lowest BCUT2D eigenvalue weighted by Gasteiger charge is -2.21. The number of nitrogens with zero attached hydrogens (tertiary/aromatic N) is 4. The molecule has 0 saturated carbocycles. The van der Waals surface area contributed by atoms with Crippen molar-refractivity contribution in [2.24, 2.45) is 20.7 Å². The highest BCUT2D eigenvalue weighted by atomic mass is 15.6. The predicted octanol–water partition coefficient (Wildman–Crippen LogP) is 4.11. The Labute approximate surface area is 104 Å². The molecule has 0 amide bonds. The van der Waals surface area contributed by atoms with Crippen LogP contribution >= 0.6 is 0 Å². The van der Waals surface area contributed by atoms with Crippen LogP contribution in [0.15, 0.2) is 63.1 Å². The molecule has 18 heavy (non-hydrogen) atoms. The zero-order chi connectivity index (χ0) is 11.9. The molecule has 1 heterocycles. The number of hydrogen-bond acceptors (Lipinski definition) is 4. The Kier molecular flexibility index (Phi) is 1.91. The van der Waals surface area contributed by atoms with E-state index in [1.54, 1.807) is 0 Å². The van der Waals surface area contributed by atoms with Gasteiger partial charge < -0.3 is 0 Å². The van der Waals surface area contributed by atoms with Gasteiger partial charge in [-0.2, -0.15) is 0 Å². The fourth-order valence-electron chi connectivity index (χ4n) is 2.71. The summed E-state index contributed by atoms with van der Waals surface area (Å²) in [6.45, 7) is 0. The number of rotatable bonds is 1. The molecule has 0 saturated heterocycles. The lowest BCUT2D eigenvalue weighted by Crippen LogP contribution is -2.13. The van der Waals surface area contributed by atoms with Crippen molar-refractivity contribution in [1.82, 2.24) is 0 Å². The third-order valence-electron chi connectivity index (χ3n) is 3.51. The first-order valence-electron chi connectivity index (χ1n) is 5.93. The van der Waals surface area contributed by atoms with Crippen LogP contribution in [-0.2, 0) is 0 Å². The highest BCUT2D eigenvalue weighted by Gasteiger charge is 2.27. The quantitative estimate of drug-likeness (QED) is 0.713. The SMILES string of the molecule is C1=CC(C2N=NN=N2)c2cccc3cccc1c23. The Morgan fingerprint density at radius 1 is 0.889 bits per heavy atom. The van der Waals surface area contributed by atoms with E-state index in [-0.39, 0.29) is 12.1 Å². The zero-order valence-corrected chi connectivity index (χ0v) is 9.56. The predicted molar refractivity (Wildman–Crippen MR) is 69.2 cm³/mol. The second kappa shape index (κ2) is 3.57. The summed E-state index contributed by atoms with van der Waals surface area (Å²) in [5.74, 6) is 0.138. The van der Waals surface area contributed by atoms with E-state index in [9.17, 15) is 0 Å². The van der Waals surface area contributed by atoms with Crippen LogP contribution in [-0.4, -0.2) is 6.17 Å². The zero-order valence-electron chi connectivity index (χ0n) is 9.56. The fourth-order valence-corrected chi connectivity index (χ4v) is 2.71. The van der Waals surface area contributed by atoms with Gasteiger partial charge in [-0.1, -0.05) is 48.6 Å². The standard InChI is InChI=1S/C14H10N4/c1-3-9-5-2-6-11-12(14-15-17-18-16-14)8-7-10(4-1)13(9)11/h1-8,12,14H. The molecule has 0 N–H and O–H groups in total. The molecule has 0 fully saturated rings. The van der Waals surface area contributed by atoms with E-state index in [4.69, 9.17) is 0 Å². The summed E-state index contributed by atoms with van der Waals surface area (Å²) in [6, 6.07) is 12.7. The van der Waals surface area contributed by atoms with Gasteiger partial charge in [-0.25, -0.2) is 0 Å². The van der Waals surface area contributed by atoms with Crippen molar-refractivity contribution >= 4 is 16.8 Å². The van der Waals surface area contributed by atoms with Gasteiger partial charge in [-0.3, -0.25) is 0 Å². The van der Waals surface area contributed by atoms with Crippen LogP contribution in [0.2, 0.25) is 0 Å². The van der Waals surface area contributed by atoms with Crippen molar-refractivity contribution in [2.75, 3.05) is 0 Å². The Bertz CT molecular complexity index is 698. The maximum Gasteiger partial charge on any atom is 0.195 e. The molecule has 0 radical (unpaired) electrons. The topological polar surface area (TPSA) is 49.4 Å². The van der Waals surface area contributed by atoms with Gasteiger partial charge in [0.25, 0.3) is 0 Å². The Balaban J connectivity index is 1.98. The number of hydrogen-bond donors (Lipinski definition) is 0. The highest BCUT2D eigenvalue weighted by molar-refractivity contribution is 5.95. The largest absolute Gasteiger partial charge is 0.195 e. The molecule has 4 rings (SSSR count). The van der Waals surface area contributed by atoms with Crippen LogP contribution in [0.5, 0.6) is 0 Å². The molecule has 1 aliphatic heterocycles. The van der Waals surface area contributed by atoms with Gasteiger partial charge >= 0.3 is 0 Å². The minimum absolute atomic E-state index is 0.138. The van der Waals surface area contributed by atoms with E-state index in [0.717, 1.165) is 0 Å². The first-order chi connectivity index (χ1) is 8.93. The molecule has 0 bridgehead atoms. The summed E-state index contributed by atoms with van der Waals surface area (Å²) in [5, 5.41) is 17.9. The van der Waals surface area contributed by atoms with Crippen molar-refractivity contribution < 1.29 is 0 Å². The molecule has 2 aromatic rings. The molecule has 1 atom stereocenters. The number of benzene rings is 2. The molecule has 0 aromatic heterocycles. The Morgan fingerprint density at radius 3 is 2.50 bits per heavy atom. The third kappa shape index (κ3) is 1.26. The maximum atomic E-state index is 4.06. The second-order valence-corrected chi connectivity index (χ2v) is 4.50. The highest BCUT2D eigenvalue weighted by Crippen LogP contribution is 2.38. The monoisotopic (exact) mass is 234 g/mol.